The number of hydrogen-bond acceptors (Lipinski definition) is 1. The topological polar surface area (TPSA) is 20.3 Å². The van der Waals surface area contributed by atoms with Crippen LogP contribution >= 0.6 is 0 Å². The van der Waals surface area contributed by atoms with Gasteiger partial charge in [-0.2, -0.15) is 0 Å². The van der Waals surface area contributed by atoms with Gasteiger partial charge in [-0.15, -0.1) is 0 Å². The molecule has 1 aromatic carbocycles. The molecule has 2 nitrogen and oxygen atoms in total. The molecule has 0 fully saturated rings. The molecule has 0 bridgehead atoms. The van der Waals surface area contributed by atoms with E-state index in [2.05, 4.69) is 0 Å². The fraction of sp³-hybridized carbons (Fsp3) is 0.500. The molecule has 0 aromatic heterocycles. The van der Waals surface area contributed by atoms with Gasteiger partial charge >= 0.3 is 0 Å². The average molecular weight is 219 g/mol. The molecule has 0 saturated heterocycles. The molecule has 1 amide bonds. The van der Waals surface area contributed by atoms with Crippen molar-refractivity contribution >= 4 is 5.91 Å². The van der Waals surface area contributed by atoms with Crippen molar-refractivity contribution in [2.75, 3.05) is 0 Å². The number of aryl methyl sites for hydroxylation is 1. The second-order valence-electron chi connectivity index (χ2n) is 4.77. The van der Waals surface area contributed by atoms with Crippen LogP contribution in [0.3, 0.4) is 0 Å². The van der Waals surface area contributed by atoms with E-state index in [0.29, 0.717) is 0 Å². The summed E-state index contributed by atoms with van der Waals surface area (Å²) in [4.78, 5) is 14.2. The van der Waals surface area contributed by atoms with Gasteiger partial charge in [0.05, 0.1) is 0 Å². The van der Waals surface area contributed by atoms with Crippen molar-refractivity contribution in [2.45, 2.75) is 46.7 Å². The molecule has 2 heteroatoms. The van der Waals surface area contributed by atoms with Gasteiger partial charge in [-0.05, 0) is 46.8 Å². The first-order valence-electron chi connectivity index (χ1n) is 5.82. The SMILES string of the molecule is Cc1ccc(C(=O)N(C(C)C)C(C)C)cc1. The van der Waals surface area contributed by atoms with E-state index in [9.17, 15) is 4.79 Å². The molecule has 1 rings (SSSR count). The summed E-state index contributed by atoms with van der Waals surface area (Å²) in [5, 5.41) is 0. The zero-order valence-corrected chi connectivity index (χ0v) is 10.8. The van der Waals surface area contributed by atoms with Crippen LogP contribution in [0, 0.1) is 6.92 Å². The second-order valence-corrected chi connectivity index (χ2v) is 4.77. The monoisotopic (exact) mass is 219 g/mol. The molecule has 0 atom stereocenters. The number of amides is 1. The number of benzene rings is 1. The third kappa shape index (κ3) is 2.84. The molecule has 16 heavy (non-hydrogen) atoms. The van der Waals surface area contributed by atoms with Crippen LogP contribution in [0.1, 0.15) is 43.6 Å². The minimum atomic E-state index is 0.116. The van der Waals surface area contributed by atoms with Gasteiger partial charge in [-0.25, -0.2) is 0 Å². The Hall–Kier alpha value is -1.31. The van der Waals surface area contributed by atoms with Crippen LogP contribution in [0.2, 0.25) is 0 Å². The van der Waals surface area contributed by atoms with Crippen LogP contribution in [-0.2, 0) is 0 Å². The average Bonchev–Trinajstić information content (AvgIpc) is 2.17. The first kappa shape index (κ1) is 12.8. The van der Waals surface area contributed by atoms with Gasteiger partial charge < -0.3 is 4.90 Å². The lowest BCUT2D eigenvalue weighted by atomic mass is 10.1. The summed E-state index contributed by atoms with van der Waals surface area (Å²) < 4.78 is 0. The smallest absolute Gasteiger partial charge is 0.254 e. The van der Waals surface area contributed by atoms with E-state index in [1.165, 1.54) is 5.56 Å². The number of hydrogen-bond donors (Lipinski definition) is 0. The molecule has 0 aliphatic carbocycles. The van der Waals surface area contributed by atoms with Crippen LogP contribution in [0.5, 0.6) is 0 Å². The summed E-state index contributed by atoms with van der Waals surface area (Å²) in [6.07, 6.45) is 0. The summed E-state index contributed by atoms with van der Waals surface area (Å²) in [5.41, 5.74) is 1.95. The van der Waals surface area contributed by atoms with Gasteiger partial charge in [0.25, 0.3) is 5.91 Å². The van der Waals surface area contributed by atoms with E-state index < -0.39 is 0 Å². The van der Waals surface area contributed by atoms with Crippen molar-refractivity contribution in [3.05, 3.63) is 35.4 Å². The highest BCUT2D eigenvalue weighted by atomic mass is 16.2. The standard InChI is InChI=1S/C14H21NO/c1-10(2)15(11(3)4)14(16)13-8-6-12(5)7-9-13/h6-11H,1-5H3. The highest BCUT2D eigenvalue weighted by molar-refractivity contribution is 5.94. The third-order valence-electron chi connectivity index (χ3n) is 2.65. The second kappa shape index (κ2) is 5.15. The normalized spacial score (nSPS) is 10.9. The lowest BCUT2D eigenvalue weighted by Gasteiger charge is -2.30. The summed E-state index contributed by atoms with van der Waals surface area (Å²) >= 11 is 0. The van der Waals surface area contributed by atoms with Gasteiger partial charge in [-0.3, -0.25) is 4.79 Å². The lowest BCUT2D eigenvalue weighted by Crippen LogP contribution is -2.42. The van der Waals surface area contributed by atoms with Crippen molar-refractivity contribution < 1.29 is 4.79 Å². The van der Waals surface area contributed by atoms with E-state index in [4.69, 9.17) is 0 Å². The lowest BCUT2D eigenvalue weighted by molar-refractivity contribution is 0.0644. The van der Waals surface area contributed by atoms with Gasteiger partial charge in [-0.1, -0.05) is 17.7 Å². The molecule has 0 unspecified atom stereocenters. The molecule has 0 spiro atoms. The summed E-state index contributed by atoms with van der Waals surface area (Å²) in [5.74, 6) is 0.116. The summed E-state index contributed by atoms with van der Waals surface area (Å²) in [6, 6.07) is 8.21. The Morgan fingerprint density at radius 1 is 1.00 bits per heavy atom. The highest BCUT2D eigenvalue weighted by Gasteiger charge is 2.20. The summed E-state index contributed by atoms with van der Waals surface area (Å²) in [6.45, 7) is 10.2. The van der Waals surface area contributed by atoms with Crippen molar-refractivity contribution in [1.29, 1.82) is 0 Å². The Labute approximate surface area is 98.3 Å². The Morgan fingerprint density at radius 2 is 1.44 bits per heavy atom. The van der Waals surface area contributed by atoms with Crippen LogP contribution in [0.15, 0.2) is 24.3 Å². The predicted octanol–water partition coefficient (Wildman–Crippen LogP) is 3.25. The Balaban J connectivity index is 2.95. The summed E-state index contributed by atoms with van der Waals surface area (Å²) in [7, 11) is 0. The maximum atomic E-state index is 12.3. The Bertz CT molecular complexity index is 344. The maximum absolute atomic E-state index is 12.3. The fourth-order valence-electron chi connectivity index (χ4n) is 1.91. The number of carbonyl (C=O) groups excluding carboxylic acids is 1. The molecule has 88 valence electrons. The van der Waals surface area contributed by atoms with E-state index in [0.717, 1.165) is 5.56 Å². The van der Waals surface area contributed by atoms with E-state index in [-0.39, 0.29) is 18.0 Å². The van der Waals surface area contributed by atoms with E-state index in [1.807, 2.05) is 63.8 Å². The minimum absolute atomic E-state index is 0.116. The van der Waals surface area contributed by atoms with Crippen molar-refractivity contribution in [1.82, 2.24) is 4.90 Å². The zero-order valence-electron chi connectivity index (χ0n) is 10.8. The van der Waals surface area contributed by atoms with E-state index >= 15 is 0 Å². The first-order valence-corrected chi connectivity index (χ1v) is 5.82. The first-order chi connectivity index (χ1) is 7.43. The van der Waals surface area contributed by atoms with Crippen molar-refractivity contribution in [3.8, 4) is 0 Å². The van der Waals surface area contributed by atoms with Crippen LogP contribution in [-0.4, -0.2) is 22.9 Å². The van der Waals surface area contributed by atoms with E-state index in [1.54, 1.807) is 0 Å². The van der Waals surface area contributed by atoms with Crippen LogP contribution in [0.4, 0.5) is 0 Å². The third-order valence-corrected chi connectivity index (χ3v) is 2.65. The molecular weight excluding hydrogens is 198 g/mol. The maximum Gasteiger partial charge on any atom is 0.254 e. The van der Waals surface area contributed by atoms with Crippen molar-refractivity contribution in [2.24, 2.45) is 0 Å². The minimum Gasteiger partial charge on any atom is -0.334 e. The van der Waals surface area contributed by atoms with Gasteiger partial charge in [0.15, 0.2) is 0 Å². The van der Waals surface area contributed by atoms with Gasteiger partial charge in [0, 0.05) is 17.6 Å². The largest absolute Gasteiger partial charge is 0.334 e. The van der Waals surface area contributed by atoms with Gasteiger partial charge in [0.2, 0.25) is 0 Å². The molecular formula is C14H21NO. The molecule has 1 aromatic rings. The molecule has 0 aliphatic rings. The van der Waals surface area contributed by atoms with Gasteiger partial charge in [0.1, 0.15) is 0 Å². The van der Waals surface area contributed by atoms with Crippen molar-refractivity contribution in [3.63, 3.8) is 0 Å². The zero-order chi connectivity index (χ0) is 12.3. The molecule has 0 N–H and O–H groups in total. The Kier molecular flexibility index (Phi) is 4.11. The highest BCUT2D eigenvalue weighted by Crippen LogP contribution is 2.12. The van der Waals surface area contributed by atoms with Crippen LogP contribution < -0.4 is 0 Å². The van der Waals surface area contributed by atoms with Crippen LogP contribution in [0.25, 0.3) is 0 Å². The fourth-order valence-corrected chi connectivity index (χ4v) is 1.91. The number of rotatable bonds is 3. The molecule has 0 heterocycles. The Morgan fingerprint density at radius 3 is 1.81 bits per heavy atom. The number of nitrogens with zero attached hydrogens (tertiary/aromatic N) is 1. The molecule has 0 saturated carbocycles. The quantitative estimate of drug-likeness (QED) is 0.764. The number of carbonyl (C=O) groups is 1. The predicted molar refractivity (Wildman–Crippen MR) is 67.6 cm³/mol. The molecule has 0 radical (unpaired) electrons. The molecule has 0 aliphatic heterocycles.